The minimum absolute atomic E-state index is 0.0785. The molecule has 0 aliphatic heterocycles. The van der Waals surface area contributed by atoms with Crippen LogP contribution in [0.25, 0.3) is 0 Å². The Kier molecular flexibility index (Phi) is 65.2. The lowest BCUT2D eigenvalue weighted by molar-refractivity contribution is -0.167. The predicted molar refractivity (Wildman–Crippen MR) is 348 cm³/mol. The Bertz CT molecular complexity index is 1520. The zero-order valence-electron chi connectivity index (χ0n) is 53.1. The van der Waals surface area contributed by atoms with Crippen molar-refractivity contribution in [1.29, 1.82) is 0 Å². The van der Waals surface area contributed by atoms with E-state index in [9.17, 15) is 14.4 Å². The summed E-state index contributed by atoms with van der Waals surface area (Å²) in [6, 6.07) is 0. The Hall–Kier alpha value is -3.41. The molecule has 0 N–H and O–H groups in total. The van der Waals surface area contributed by atoms with Crippen LogP contribution in [0.1, 0.15) is 348 Å². The fourth-order valence-electron chi connectivity index (χ4n) is 9.97. The van der Waals surface area contributed by atoms with Crippen molar-refractivity contribution in [2.24, 2.45) is 0 Å². The fourth-order valence-corrected chi connectivity index (χ4v) is 9.97. The zero-order chi connectivity index (χ0) is 57.8. The number of rotatable bonds is 63. The number of ether oxygens (including phenoxy) is 3. The minimum Gasteiger partial charge on any atom is -0.462 e. The maximum absolute atomic E-state index is 13.0. The Morgan fingerprint density at radius 3 is 0.762 bits per heavy atom. The summed E-state index contributed by atoms with van der Waals surface area (Å²) < 4.78 is 17.0. The highest BCUT2D eigenvalue weighted by Crippen LogP contribution is 2.17. The van der Waals surface area contributed by atoms with Gasteiger partial charge in [-0.05, 0) is 96.3 Å². The van der Waals surface area contributed by atoms with Crippen molar-refractivity contribution in [2.45, 2.75) is 354 Å². The van der Waals surface area contributed by atoms with Gasteiger partial charge in [-0.1, -0.05) is 318 Å². The van der Waals surface area contributed by atoms with Crippen LogP contribution in [0.15, 0.2) is 85.1 Å². The van der Waals surface area contributed by atoms with Gasteiger partial charge >= 0.3 is 17.9 Å². The molecule has 0 saturated heterocycles. The van der Waals surface area contributed by atoms with Crippen LogP contribution >= 0.6 is 0 Å². The molecule has 462 valence electrons. The maximum Gasteiger partial charge on any atom is 0.306 e. The van der Waals surface area contributed by atoms with Crippen LogP contribution in [-0.4, -0.2) is 37.2 Å². The molecule has 6 heteroatoms. The first kappa shape index (κ1) is 76.6. The summed E-state index contributed by atoms with van der Waals surface area (Å²) in [6.07, 6.45) is 90.2. The highest BCUT2D eigenvalue weighted by atomic mass is 16.6. The third-order valence-electron chi connectivity index (χ3n) is 15.1. The molecule has 80 heavy (non-hydrogen) atoms. The first-order valence-corrected chi connectivity index (χ1v) is 34.6. The van der Waals surface area contributed by atoms with Gasteiger partial charge in [-0.15, -0.1) is 0 Å². The van der Waals surface area contributed by atoms with Crippen molar-refractivity contribution in [2.75, 3.05) is 13.2 Å². The zero-order valence-corrected chi connectivity index (χ0v) is 53.1. The summed E-state index contributed by atoms with van der Waals surface area (Å²) in [7, 11) is 0. The summed E-state index contributed by atoms with van der Waals surface area (Å²) in [5.74, 6) is -0.875. The molecule has 0 aliphatic rings. The number of unbranched alkanes of at least 4 members (excludes halogenated alkanes) is 38. The fraction of sp³-hybridized carbons (Fsp3) is 0.770. The van der Waals surface area contributed by atoms with Crippen LogP contribution in [0.5, 0.6) is 0 Å². The summed E-state index contributed by atoms with van der Waals surface area (Å²) >= 11 is 0. The first-order valence-electron chi connectivity index (χ1n) is 34.6. The molecule has 0 rings (SSSR count). The van der Waals surface area contributed by atoms with E-state index in [0.717, 1.165) is 103 Å². The Balaban J connectivity index is 4.39. The van der Waals surface area contributed by atoms with Crippen molar-refractivity contribution in [3.63, 3.8) is 0 Å². The molecular weight excluding hydrogens is 985 g/mol. The first-order chi connectivity index (χ1) is 39.5. The average Bonchev–Trinajstić information content (AvgIpc) is 3.46. The van der Waals surface area contributed by atoms with Gasteiger partial charge in [-0.2, -0.15) is 0 Å². The van der Waals surface area contributed by atoms with Crippen LogP contribution in [-0.2, 0) is 28.6 Å². The molecule has 6 nitrogen and oxygen atoms in total. The average molecular weight is 1120 g/mol. The quantitative estimate of drug-likeness (QED) is 0.0261. The van der Waals surface area contributed by atoms with Crippen LogP contribution in [0, 0.1) is 0 Å². The van der Waals surface area contributed by atoms with Crippen molar-refractivity contribution in [3.8, 4) is 0 Å². The van der Waals surface area contributed by atoms with Crippen LogP contribution in [0.2, 0.25) is 0 Å². The topological polar surface area (TPSA) is 78.9 Å². The minimum atomic E-state index is -0.785. The Labute approximate surface area is 496 Å². The molecule has 0 bridgehead atoms. The Morgan fingerprint density at radius 2 is 0.487 bits per heavy atom. The molecule has 0 aromatic carbocycles. The van der Waals surface area contributed by atoms with Gasteiger partial charge in [0.2, 0.25) is 0 Å². The largest absolute Gasteiger partial charge is 0.462 e. The molecule has 0 radical (unpaired) electrons. The molecule has 0 aromatic rings. The number of hydrogen-bond donors (Lipinski definition) is 0. The second-order valence-corrected chi connectivity index (χ2v) is 23.1. The van der Waals surface area contributed by atoms with Gasteiger partial charge in [0.05, 0.1) is 0 Å². The van der Waals surface area contributed by atoms with E-state index in [4.69, 9.17) is 14.2 Å². The molecular formula is C74H130O6. The second-order valence-electron chi connectivity index (χ2n) is 23.1. The van der Waals surface area contributed by atoms with E-state index in [1.807, 2.05) is 0 Å². The lowest BCUT2D eigenvalue weighted by Gasteiger charge is -2.18. The molecule has 0 saturated carbocycles. The second kappa shape index (κ2) is 68.1. The van der Waals surface area contributed by atoms with Crippen molar-refractivity contribution in [3.05, 3.63) is 85.1 Å². The van der Waals surface area contributed by atoms with Crippen molar-refractivity contribution >= 4 is 17.9 Å². The molecule has 1 unspecified atom stereocenters. The standard InChI is InChI=1S/C74H130O6/c1-4-7-10-13-16-19-22-25-28-31-34-36-37-39-40-43-46-49-52-55-58-61-64-67-73(76)79-70-71(69-78-72(75)66-63-60-57-54-51-48-45-42-33-30-27-24-21-18-15-12-9-6-3)80-74(77)68-65-62-59-56-53-50-47-44-41-38-35-32-29-26-23-20-17-14-11-8-5-2/h7,10,16,19,23,25-26,28,32,34-36,39-40,71H,4-6,8-9,11-15,17-18,20-22,24,27,29-31,33,37-38,41-70H2,1-3H3/b10-7-,19-16-,26-23-,28-25-,35-32-,36-34-,40-39-. The number of esters is 3. The molecule has 0 fully saturated rings. The van der Waals surface area contributed by atoms with E-state index in [2.05, 4.69) is 106 Å². The van der Waals surface area contributed by atoms with E-state index < -0.39 is 6.10 Å². The lowest BCUT2D eigenvalue weighted by atomic mass is 10.0. The van der Waals surface area contributed by atoms with Crippen LogP contribution in [0.4, 0.5) is 0 Å². The third kappa shape index (κ3) is 65.4. The third-order valence-corrected chi connectivity index (χ3v) is 15.1. The van der Waals surface area contributed by atoms with E-state index in [1.165, 1.54) is 205 Å². The smallest absolute Gasteiger partial charge is 0.306 e. The van der Waals surface area contributed by atoms with Crippen molar-refractivity contribution < 1.29 is 28.6 Å². The SMILES string of the molecule is CC/C=C\C/C=C\C/C=C\C/C=C\C/C=C\CCCCCCCCCC(=O)OCC(COC(=O)CCCCCCCCCCCCCCCCCCCC)OC(=O)CCCCCCCCCCC/C=C\C/C=C\CCCCCCC. The lowest BCUT2D eigenvalue weighted by Crippen LogP contribution is -2.30. The highest BCUT2D eigenvalue weighted by molar-refractivity contribution is 5.71. The summed E-state index contributed by atoms with van der Waals surface area (Å²) in [5, 5.41) is 0. The van der Waals surface area contributed by atoms with E-state index in [1.54, 1.807) is 0 Å². The summed E-state index contributed by atoms with van der Waals surface area (Å²) in [6.45, 7) is 6.56. The monoisotopic (exact) mass is 1110 g/mol. The van der Waals surface area contributed by atoms with E-state index >= 15 is 0 Å². The highest BCUT2D eigenvalue weighted by Gasteiger charge is 2.19. The number of hydrogen-bond acceptors (Lipinski definition) is 6. The summed E-state index contributed by atoms with van der Waals surface area (Å²) in [5.41, 5.74) is 0. The maximum atomic E-state index is 13.0. The predicted octanol–water partition coefficient (Wildman–Crippen LogP) is 23.8. The van der Waals surface area contributed by atoms with Gasteiger partial charge in [-0.25, -0.2) is 0 Å². The van der Waals surface area contributed by atoms with E-state index in [0.29, 0.717) is 19.3 Å². The normalized spacial score (nSPS) is 12.6. The van der Waals surface area contributed by atoms with Gasteiger partial charge in [-0.3, -0.25) is 14.4 Å². The van der Waals surface area contributed by atoms with E-state index in [-0.39, 0.29) is 31.1 Å². The molecule has 0 aromatic heterocycles. The van der Waals surface area contributed by atoms with Gasteiger partial charge < -0.3 is 14.2 Å². The van der Waals surface area contributed by atoms with Crippen LogP contribution in [0.3, 0.4) is 0 Å². The Morgan fingerprint density at radius 1 is 0.263 bits per heavy atom. The summed E-state index contributed by atoms with van der Waals surface area (Å²) in [4.78, 5) is 38.5. The molecule has 0 spiro atoms. The van der Waals surface area contributed by atoms with Gasteiger partial charge in [0.25, 0.3) is 0 Å². The van der Waals surface area contributed by atoms with Gasteiger partial charge in [0, 0.05) is 19.3 Å². The molecule has 0 aliphatic carbocycles. The van der Waals surface area contributed by atoms with Crippen LogP contribution < -0.4 is 0 Å². The number of allylic oxidation sites excluding steroid dienone is 14. The molecule has 0 amide bonds. The number of carbonyl (C=O) groups excluding carboxylic acids is 3. The number of carbonyl (C=O) groups is 3. The molecule has 0 heterocycles. The van der Waals surface area contributed by atoms with Gasteiger partial charge in [0.1, 0.15) is 13.2 Å². The van der Waals surface area contributed by atoms with Crippen molar-refractivity contribution in [1.82, 2.24) is 0 Å². The van der Waals surface area contributed by atoms with Gasteiger partial charge in [0.15, 0.2) is 6.10 Å². The molecule has 1 atom stereocenters.